The summed E-state index contributed by atoms with van der Waals surface area (Å²) in [6.07, 6.45) is 0. The largest absolute Gasteiger partial charge is 0.297 e. The van der Waals surface area contributed by atoms with E-state index in [1.165, 1.54) is 18.2 Å². The van der Waals surface area contributed by atoms with Crippen molar-refractivity contribution in [1.29, 1.82) is 0 Å². The number of hydrogen-bond acceptors (Lipinski definition) is 3. The maximum Gasteiger partial charge on any atom is 0.269 e. The molecule has 25 heavy (non-hydrogen) atoms. The molecule has 0 atom stereocenters. The first-order valence-electron chi connectivity index (χ1n) is 7.82. The fourth-order valence-corrected chi connectivity index (χ4v) is 2.80. The van der Waals surface area contributed by atoms with Crippen molar-refractivity contribution >= 4 is 33.4 Å². The highest BCUT2D eigenvalue weighted by Crippen LogP contribution is 2.29. The monoisotopic (exact) mass is 331 g/mol. The van der Waals surface area contributed by atoms with Crippen LogP contribution in [-0.2, 0) is 0 Å². The molecule has 1 aromatic heterocycles. The predicted molar refractivity (Wildman–Crippen MR) is 96.7 cm³/mol. The van der Waals surface area contributed by atoms with Crippen molar-refractivity contribution in [3.05, 3.63) is 84.2 Å². The first-order valence-corrected chi connectivity index (χ1v) is 7.82. The molecule has 122 valence electrons. The van der Waals surface area contributed by atoms with Crippen molar-refractivity contribution in [3.63, 3.8) is 0 Å². The molecule has 1 heterocycles. The van der Waals surface area contributed by atoms with Crippen LogP contribution in [-0.4, -0.2) is 10.9 Å². The number of hydrazine groups is 1. The third-order valence-electron chi connectivity index (χ3n) is 3.98. The SMILES string of the molecule is O=C(NNc1c2ccccc2nc2ccccc12)c1cccc(F)c1. The number of amides is 1. The smallest absolute Gasteiger partial charge is 0.269 e. The van der Waals surface area contributed by atoms with E-state index in [4.69, 9.17) is 0 Å². The summed E-state index contributed by atoms with van der Waals surface area (Å²) in [5.74, 6) is -0.864. The van der Waals surface area contributed by atoms with E-state index >= 15 is 0 Å². The van der Waals surface area contributed by atoms with Gasteiger partial charge >= 0.3 is 0 Å². The predicted octanol–water partition coefficient (Wildman–Crippen LogP) is 4.28. The normalized spacial score (nSPS) is 10.8. The number of benzene rings is 3. The number of hydrogen-bond donors (Lipinski definition) is 2. The number of carbonyl (C=O) groups excluding carboxylic acids is 1. The van der Waals surface area contributed by atoms with Gasteiger partial charge < -0.3 is 0 Å². The van der Waals surface area contributed by atoms with Crippen LogP contribution in [0.1, 0.15) is 10.4 Å². The molecule has 0 unspecified atom stereocenters. The molecular weight excluding hydrogens is 317 g/mol. The first kappa shape index (κ1) is 15.1. The van der Waals surface area contributed by atoms with Crippen LogP contribution in [0.25, 0.3) is 21.8 Å². The molecular formula is C20H14FN3O. The molecule has 0 aliphatic heterocycles. The number of para-hydroxylation sites is 2. The highest BCUT2D eigenvalue weighted by molar-refractivity contribution is 6.08. The summed E-state index contributed by atoms with van der Waals surface area (Å²) in [5, 5.41) is 1.78. The van der Waals surface area contributed by atoms with Crippen molar-refractivity contribution < 1.29 is 9.18 Å². The van der Waals surface area contributed by atoms with Gasteiger partial charge in [-0.2, -0.15) is 0 Å². The van der Waals surface area contributed by atoms with Crippen molar-refractivity contribution in [2.45, 2.75) is 0 Å². The summed E-state index contributed by atoms with van der Waals surface area (Å²) in [7, 11) is 0. The second kappa shape index (κ2) is 6.20. The lowest BCUT2D eigenvalue weighted by atomic mass is 10.1. The lowest BCUT2D eigenvalue weighted by Crippen LogP contribution is -2.29. The first-order chi connectivity index (χ1) is 12.2. The fourth-order valence-electron chi connectivity index (χ4n) is 2.80. The van der Waals surface area contributed by atoms with E-state index in [1.807, 2.05) is 48.5 Å². The van der Waals surface area contributed by atoms with E-state index in [9.17, 15) is 9.18 Å². The van der Waals surface area contributed by atoms with Gasteiger partial charge in [-0.25, -0.2) is 9.37 Å². The molecule has 3 aromatic carbocycles. The van der Waals surface area contributed by atoms with Gasteiger partial charge in [0.05, 0.1) is 16.7 Å². The Labute approximate surface area is 143 Å². The summed E-state index contributed by atoms with van der Waals surface area (Å²) >= 11 is 0. The van der Waals surface area contributed by atoms with Gasteiger partial charge in [0.15, 0.2) is 0 Å². The van der Waals surface area contributed by atoms with Crippen LogP contribution in [0.4, 0.5) is 10.1 Å². The number of pyridine rings is 1. The van der Waals surface area contributed by atoms with Crippen LogP contribution in [0.5, 0.6) is 0 Å². The number of rotatable bonds is 3. The fraction of sp³-hybridized carbons (Fsp3) is 0. The Morgan fingerprint density at radius 2 is 1.48 bits per heavy atom. The molecule has 0 aliphatic rings. The molecule has 4 rings (SSSR count). The second-order valence-corrected chi connectivity index (χ2v) is 5.61. The van der Waals surface area contributed by atoms with Crippen LogP contribution in [0.3, 0.4) is 0 Å². The molecule has 0 saturated carbocycles. The molecule has 0 aliphatic carbocycles. The summed E-state index contributed by atoms with van der Waals surface area (Å²) < 4.78 is 13.3. The van der Waals surface area contributed by atoms with Gasteiger partial charge in [-0.05, 0) is 30.3 Å². The number of anilines is 1. The Morgan fingerprint density at radius 1 is 0.840 bits per heavy atom. The minimum atomic E-state index is -0.451. The number of carbonyl (C=O) groups is 1. The van der Waals surface area contributed by atoms with Gasteiger partial charge in [-0.1, -0.05) is 42.5 Å². The molecule has 2 N–H and O–H groups in total. The van der Waals surface area contributed by atoms with E-state index < -0.39 is 11.7 Å². The maximum atomic E-state index is 13.3. The summed E-state index contributed by atoms with van der Waals surface area (Å²) in [4.78, 5) is 16.9. The van der Waals surface area contributed by atoms with Crippen molar-refractivity contribution in [1.82, 2.24) is 10.4 Å². The average Bonchev–Trinajstić information content (AvgIpc) is 2.65. The van der Waals surface area contributed by atoms with Crippen molar-refractivity contribution in [2.24, 2.45) is 0 Å². The highest BCUT2D eigenvalue weighted by atomic mass is 19.1. The highest BCUT2D eigenvalue weighted by Gasteiger charge is 2.11. The number of aromatic nitrogens is 1. The van der Waals surface area contributed by atoms with E-state index in [-0.39, 0.29) is 5.56 Å². The van der Waals surface area contributed by atoms with Gasteiger partial charge in [0.1, 0.15) is 5.82 Å². The van der Waals surface area contributed by atoms with Crippen LogP contribution in [0, 0.1) is 5.82 Å². The zero-order valence-corrected chi connectivity index (χ0v) is 13.2. The van der Waals surface area contributed by atoms with Gasteiger partial charge in [0.2, 0.25) is 0 Å². The lowest BCUT2D eigenvalue weighted by Gasteiger charge is -2.14. The van der Waals surface area contributed by atoms with E-state index in [2.05, 4.69) is 15.8 Å². The average molecular weight is 331 g/mol. The number of nitrogens with zero attached hydrogens (tertiary/aromatic N) is 1. The second-order valence-electron chi connectivity index (χ2n) is 5.61. The zero-order chi connectivity index (χ0) is 17.2. The third kappa shape index (κ3) is 2.87. The summed E-state index contributed by atoms with van der Waals surface area (Å²) in [6, 6.07) is 20.9. The van der Waals surface area contributed by atoms with Crippen LogP contribution in [0.15, 0.2) is 72.8 Å². The third-order valence-corrected chi connectivity index (χ3v) is 3.98. The number of nitrogens with one attached hydrogen (secondary N) is 2. The van der Waals surface area contributed by atoms with Gasteiger partial charge in [0, 0.05) is 16.3 Å². The molecule has 0 saturated heterocycles. The molecule has 0 bridgehead atoms. The Morgan fingerprint density at radius 3 is 2.12 bits per heavy atom. The number of fused-ring (bicyclic) bond motifs is 2. The van der Waals surface area contributed by atoms with Gasteiger partial charge in [-0.15, -0.1) is 0 Å². The van der Waals surface area contributed by atoms with Gasteiger partial charge in [0.25, 0.3) is 5.91 Å². The molecule has 0 fully saturated rings. The van der Waals surface area contributed by atoms with E-state index in [1.54, 1.807) is 6.07 Å². The van der Waals surface area contributed by atoms with Crippen molar-refractivity contribution in [3.8, 4) is 0 Å². The quantitative estimate of drug-likeness (QED) is 0.435. The van der Waals surface area contributed by atoms with E-state index in [0.717, 1.165) is 27.5 Å². The molecule has 4 aromatic rings. The number of halogens is 1. The Bertz CT molecular complexity index is 1040. The van der Waals surface area contributed by atoms with Crippen LogP contribution >= 0.6 is 0 Å². The van der Waals surface area contributed by atoms with Crippen molar-refractivity contribution in [2.75, 3.05) is 5.43 Å². The molecule has 5 heteroatoms. The van der Waals surface area contributed by atoms with Crippen LogP contribution < -0.4 is 10.9 Å². The van der Waals surface area contributed by atoms with E-state index in [0.29, 0.717) is 0 Å². The molecule has 4 nitrogen and oxygen atoms in total. The minimum Gasteiger partial charge on any atom is -0.297 e. The Balaban J connectivity index is 1.73. The molecule has 1 amide bonds. The Kier molecular flexibility index (Phi) is 3.74. The summed E-state index contributed by atoms with van der Waals surface area (Å²) in [6.45, 7) is 0. The van der Waals surface area contributed by atoms with Crippen LogP contribution in [0.2, 0.25) is 0 Å². The zero-order valence-electron chi connectivity index (χ0n) is 13.2. The maximum absolute atomic E-state index is 13.3. The standard InChI is InChI=1S/C20H14FN3O/c21-14-7-5-6-13(12-14)20(25)24-23-19-15-8-1-3-10-17(15)22-18-11-4-2-9-16(18)19/h1-12H,(H,22,23)(H,24,25). The molecule has 0 radical (unpaired) electrons. The minimum absolute atomic E-state index is 0.246. The lowest BCUT2D eigenvalue weighted by molar-refractivity contribution is 0.0962. The Hall–Kier alpha value is -3.47. The molecule has 0 spiro atoms. The van der Waals surface area contributed by atoms with Gasteiger partial charge in [-0.3, -0.25) is 15.6 Å². The summed E-state index contributed by atoms with van der Waals surface area (Å²) in [5.41, 5.74) is 8.28. The topological polar surface area (TPSA) is 54.0 Å².